The Balaban J connectivity index is 2.78. The molecule has 0 saturated heterocycles. The van der Waals surface area contributed by atoms with Crippen molar-refractivity contribution in [1.82, 2.24) is 10.2 Å². The van der Waals surface area contributed by atoms with Crippen LogP contribution in [0, 0.1) is 6.92 Å². The molecule has 4 N–H and O–H groups in total. The van der Waals surface area contributed by atoms with Crippen molar-refractivity contribution in [1.29, 1.82) is 0 Å². The van der Waals surface area contributed by atoms with Crippen LogP contribution >= 0.6 is 11.3 Å². The molecule has 1 rings (SSSR count). The molecule has 5 nitrogen and oxygen atoms in total. The Kier molecular flexibility index (Phi) is 2.59. The van der Waals surface area contributed by atoms with E-state index in [2.05, 4.69) is 15.2 Å². The molecule has 0 aliphatic rings. The number of hydrogen-bond acceptors (Lipinski definition) is 4. The van der Waals surface area contributed by atoms with Crippen molar-refractivity contribution in [3.05, 3.63) is 10.0 Å². The maximum absolute atomic E-state index is 5.22. The number of nitrogens with two attached hydrogens (primary N) is 2. The molecule has 0 aliphatic heterocycles. The highest BCUT2D eigenvalue weighted by Gasteiger charge is 2.08. The van der Waals surface area contributed by atoms with Gasteiger partial charge in [0.2, 0.25) is 0 Å². The van der Waals surface area contributed by atoms with Gasteiger partial charge in [0.15, 0.2) is 5.96 Å². The second-order valence-electron chi connectivity index (χ2n) is 2.39. The summed E-state index contributed by atoms with van der Waals surface area (Å²) in [6, 6.07) is -0.0961. The highest BCUT2D eigenvalue weighted by molar-refractivity contribution is 7.11. The van der Waals surface area contributed by atoms with Crippen molar-refractivity contribution < 1.29 is 0 Å². The second kappa shape index (κ2) is 3.48. The Labute approximate surface area is 74.5 Å². The Morgan fingerprint density at radius 2 is 2.17 bits per heavy atom. The van der Waals surface area contributed by atoms with Crippen LogP contribution in [0.25, 0.3) is 0 Å². The first-order valence-corrected chi connectivity index (χ1v) is 4.30. The van der Waals surface area contributed by atoms with E-state index in [1.165, 1.54) is 11.3 Å². The lowest BCUT2D eigenvalue weighted by molar-refractivity contribution is 0.783. The summed E-state index contributed by atoms with van der Waals surface area (Å²) < 4.78 is 0. The minimum absolute atomic E-state index is 0.0790. The molecule has 66 valence electrons. The summed E-state index contributed by atoms with van der Waals surface area (Å²) in [6.45, 7) is 3.77. The molecule has 0 spiro atoms. The summed E-state index contributed by atoms with van der Waals surface area (Å²) in [5, 5.41) is 9.53. The van der Waals surface area contributed by atoms with Gasteiger partial charge in [-0.25, -0.2) is 4.99 Å². The van der Waals surface area contributed by atoms with Gasteiger partial charge < -0.3 is 11.5 Å². The molecule has 6 heteroatoms. The predicted octanol–water partition coefficient (Wildman–Crippen LogP) is 0.181. The molecule has 0 amide bonds. The first-order valence-electron chi connectivity index (χ1n) is 3.48. The van der Waals surface area contributed by atoms with Gasteiger partial charge in [-0.3, -0.25) is 0 Å². The maximum atomic E-state index is 5.22. The van der Waals surface area contributed by atoms with Gasteiger partial charge in [-0.2, -0.15) is 0 Å². The number of guanidine groups is 1. The van der Waals surface area contributed by atoms with Crippen LogP contribution in [-0.2, 0) is 0 Å². The molecule has 1 heterocycles. The van der Waals surface area contributed by atoms with Crippen LogP contribution in [0.2, 0.25) is 0 Å². The first kappa shape index (κ1) is 8.92. The summed E-state index contributed by atoms with van der Waals surface area (Å²) >= 11 is 1.50. The van der Waals surface area contributed by atoms with Crippen molar-refractivity contribution in [2.45, 2.75) is 19.9 Å². The van der Waals surface area contributed by atoms with Crippen molar-refractivity contribution in [2.75, 3.05) is 0 Å². The SMILES string of the molecule is Cc1nnc(C(C)N=C(N)N)s1. The van der Waals surface area contributed by atoms with Gasteiger partial charge in [0.05, 0.1) is 0 Å². The maximum Gasteiger partial charge on any atom is 0.186 e. The highest BCUT2D eigenvalue weighted by Crippen LogP contribution is 2.19. The van der Waals surface area contributed by atoms with Gasteiger partial charge in [-0.05, 0) is 13.8 Å². The van der Waals surface area contributed by atoms with E-state index in [0.29, 0.717) is 0 Å². The fourth-order valence-electron chi connectivity index (χ4n) is 0.760. The lowest BCUT2D eigenvalue weighted by Gasteiger charge is -1.99. The summed E-state index contributed by atoms with van der Waals surface area (Å²) in [6.07, 6.45) is 0. The molecule has 0 radical (unpaired) electrons. The Bertz CT molecular complexity index is 288. The van der Waals surface area contributed by atoms with Crippen molar-refractivity contribution >= 4 is 17.3 Å². The number of hydrogen-bond donors (Lipinski definition) is 2. The zero-order chi connectivity index (χ0) is 9.14. The third kappa shape index (κ3) is 2.16. The van der Waals surface area contributed by atoms with E-state index in [1.54, 1.807) is 0 Å². The zero-order valence-corrected chi connectivity index (χ0v) is 7.80. The van der Waals surface area contributed by atoms with Crippen LogP contribution in [0.3, 0.4) is 0 Å². The quantitative estimate of drug-likeness (QED) is 0.508. The summed E-state index contributed by atoms with van der Waals surface area (Å²) in [7, 11) is 0. The molecular weight excluding hydrogens is 174 g/mol. The van der Waals surface area contributed by atoms with Crippen LogP contribution in [0.4, 0.5) is 0 Å². The first-order chi connectivity index (χ1) is 5.59. The van der Waals surface area contributed by atoms with Gasteiger partial charge in [0.25, 0.3) is 0 Å². The summed E-state index contributed by atoms with van der Waals surface area (Å²) in [5.74, 6) is 0.0790. The fraction of sp³-hybridized carbons (Fsp3) is 0.500. The predicted molar refractivity (Wildman–Crippen MR) is 48.9 cm³/mol. The van der Waals surface area contributed by atoms with Crippen molar-refractivity contribution in [3.8, 4) is 0 Å². The van der Waals surface area contributed by atoms with Gasteiger partial charge in [-0.15, -0.1) is 10.2 Å². The average molecular weight is 185 g/mol. The number of nitrogens with zero attached hydrogens (tertiary/aromatic N) is 3. The Hall–Kier alpha value is -1.17. The van der Waals surface area contributed by atoms with Crippen LogP contribution in [0.15, 0.2) is 4.99 Å². The molecule has 0 bridgehead atoms. The van der Waals surface area contributed by atoms with Crippen LogP contribution in [0.1, 0.15) is 23.0 Å². The molecule has 0 aliphatic carbocycles. The third-order valence-electron chi connectivity index (χ3n) is 1.24. The van der Waals surface area contributed by atoms with Gasteiger partial charge >= 0.3 is 0 Å². The monoisotopic (exact) mass is 185 g/mol. The van der Waals surface area contributed by atoms with E-state index in [1.807, 2.05) is 13.8 Å². The molecular formula is C6H11N5S. The van der Waals surface area contributed by atoms with E-state index in [4.69, 9.17) is 11.5 Å². The minimum atomic E-state index is -0.0961. The van der Waals surface area contributed by atoms with Crippen molar-refractivity contribution in [3.63, 3.8) is 0 Å². The molecule has 1 unspecified atom stereocenters. The topological polar surface area (TPSA) is 90.2 Å². The Morgan fingerprint density at radius 1 is 1.50 bits per heavy atom. The van der Waals surface area contributed by atoms with Crippen LogP contribution in [-0.4, -0.2) is 16.2 Å². The standard InChI is InChI=1S/C6H11N5S/c1-3(9-6(7)8)5-11-10-4(2)12-5/h3H,1-2H3,(H4,7,8,9). The smallest absolute Gasteiger partial charge is 0.186 e. The van der Waals surface area contributed by atoms with Crippen LogP contribution < -0.4 is 11.5 Å². The zero-order valence-electron chi connectivity index (χ0n) is 6.98. The number of aromatic nitrogens is 2. The lowest BCUT2D eigenvalue weighted by Crippen LogP contribution is -2.23. The second-order valence-corrected chi connectivity index (χ2v) is 3.60. The Morgan fingerprint density at radius 3 is 2.58 bits per heavy atom. The fourth-order valence-corrected chi connectivity index (χ4v) is 1.45. The minimum Gasteiger partial charge on any atom is -0.370 e. The average Bonchev–Trinajstić information content (AvgIpc) is 2.34. The van der Waals surface area contributed by atoms with E-state index < -0.39 is 0 Å². The van der Waals surface area contributed by atoms with E-state index in [9.17, 15) is 0 Å². The molecule has 1 atom stereocenters. The summed E-state index contributed by atoms with van der Waals surface area (Å²) in [4.78, 5) is 3.94. The molecule has 0 fully saturated rings. The molecule has 0 saturated carbocycles. The molecule has 12 heavy (non-hydrogen) atoms. The lowest BCUT2D eigenvalue weighted by atomic mass is 10.4. The van der Waals surface area contributed by atoms with E-state index in [-0.39, 0.29) is 12.0 Å². The van der Waals surface area contributed by atoms with Gasteiger partial charge in [0.1, 0.15) is 16.1 Å². The summed E-state index contributed by atoms with van der Waals surface area (Å²) in [5.41, 5.74) is 10.4. The van der Waals surface area contributed by atoms with Gasteiger partial charge in [-0.1, -0.05) is 11.3 Å². The molecule has 0 aromatic carbocycles. The largest absolute Gasteiger partial charge is 0.370 e. The number of rotatable bonds is 2. The van der Waals surface area contributed by atoms with Gasteiger partial charge in [0, 0.05) is 0 Å². The normalized spacial score (nSPS) is 12.5. The number of aryl methyl sites for hydroxylation is 1. The van der Waals surface area contributed by atoms with E-state index >= 15 is 0 Å². The van der Waals surface area contributed by atoms with Crippen LogP contribution in [0.5, 0.6) is 0 Å². The van der Waals surface area contributed by atoms with E-state index in [0.717, 1.165) is 10.0 Å². The van der Waals surface area contributed by atoms with Crippen molar-refractivity contribution in [2.24, 2.45) is 16.5 Å². The third-order valence-corrected chi connectivity index (χ3v) is 2.25. The molecule has 1 aromatic heterocycles. The molecule has 1 aromatic rings. The highest BCUT2D eigenvalue weighted by atomic mass is 32.1. The number of aliphatic imine (C=N–C) groups is 1.